The molecule has 2 aromatic carbocycles. The molecule has 2 atom stereocenters. The molecule has 0 bridgehead atoms. The highest BCUT2D eigenvalue weighted by molar-refractivity contribution is 7.99. The Bertz CT molecular complexity index is 1620. The molecular weight excluding hydrogens is 560 g/mol. The molecule has 3 aromatic rings. The molecule has 216 valence electrons. The number of alkyl halides is 3. The summed E-state index contributed by atoms with van der Waals surface area (Å²) in [5.74, 6) is -0.194. The molecule has 0 radical (unpaired) electrons. The van der Waals surface area contributed by atoms with Crippen LogP contribution in [0.25, 0.3) is 22.0 Å². The molecule has 4 heterocycles. The van der Waals surface area contributed by atoms with Crippen molar-refractivity contribution in [2.24, 2.45) is 5.41 Å². The summed E-state index contributed by atoms with van der Waals surface area (Å²) in [7, 11) is 0. The summed E-state index contributed by atoms with van der Waals surface area (Å²) in [6, 6.07) is 5.38. The third-order valence-corrected chi connectivity index (χ3v) is 9.63. The molecule has 0 saturated carbocycles. The van der Waals surface area contributed by atoms with Gasteiger partial charge in [-0.2, -0.15) is 18.2 Å². The monoisotopic (exact) mass is 588 g/mol. The predicted molar refractivity (Wildman–Crippen MR) is 149 cm³/mol. The molecule has 2 fully saturated rings. The summed E-state index contributed by atoms with van der Waals surface area (Å²) >= 11 is 1.27. The summed E-state index contributed by atoms with van der Waals surface area (Å²) in [4.78, 5) is 34.3. The number of carbonyl (C=O) groups is 1. The second kappa shape index (κ2) is 9.87. The van der Waals surface area contributed by atoms with Crippen LogP contribution in [0.2, 0.25) is 0 Å². The number of halogens is 4. The number of aromatic nitrogens is 2. The van der Waals surface area contributed by atoms with Gasteiger partial charge in [-0.15, -0.1) is 11.8 Å². The van der Waals surface area contributed by atoms with Crippen molar-refractivity contribution in [3.63, 3.8) is 0 Å². The van der Waals surface area contributed by atoms with Crippen molar-refractivity contribution in [3.8, 4) is 11.1 Å². The Kier molecular flexibility index (Phi) is 6.68. The Morgan fingerprint density at radius 1 is 1.17 bits per heavy atom. The SMILES string of the molecule is C=CC(=O)N1C[C@H](C)N(c2nc(=O)n3c4c(c(-c5ccc(F)cc5)c(C(F)(F)F)cc24)SCC2(COC2)C3)C[C@H]1C. The van der Waals surface area contributed by atoms with Crippen LogP contribution in [0.4, 0.5) is 23.4 Å². The number of nitrogens with zero attached hydrogens (tertiary/aromatic N) is 4. The first-order valence-corrected chi connectivity index (χ1v) is 14.3. The number of piperazine rings is 1. The number of hydrogen-bond acceptors (Lipinski definition) is 6. The minimum absolute atomic E-state index is 0.0830. The average Bonchev–Trinajstić information content (AvgIpc) is 3.10. The fourth-order valence-corrected chi connectivity index (χ4v) is 7.48. The first kappa shape index (κ1) is 27.8. The molecule has 3 aliphatic heterocycles. The number of thioether (sulfide) groups is 1. The second-order valence-electron chi connectivity index (χ2n) is 11.2. The van der Waals surface area contributed by atoms with Crippen molar-refractivity contribution >= 4 is 34.4 Å². The van der Waals surface area contributed by atoms with E-state index < -0.39 is 28.7 Å². The Balaban J connectivity index is 1.64. The lowest BCUT2D eigenvalue weighted by Crippen LogP contribution is -2.58. The van der Waals surface area contributed by atoms with Gasteiger partial charge in [0.15, 0.2) is 0 Å². The van der Waals surface area contributed by atoms with Gasteiger partial charge in [0.05, 0.1) is 24.3 Å². The van der Waals surface area contributed by atoms with Crippen molar-refractivity contribution in [1.82, 2.24) is 14.5 Å². The van der Waals surface area contributed by atoms with Crippen molar-refractivity contribution in [1.29, 1.82) is 0 Å². The fraction of sp³-hybridized carbons (Fsp3) is 0.414. The molecule has 0 aliphatic carbocycles. The lowest BCUT2D eigenvalue weighted by atomic mass is 9.88. The quantitative estimate of drug-likeness (QED) is 0.319. The van der Waals surface area contributed by atoms with Crippen molar-refractivity contribution < 1.29 is 27.1 Å². The molecule has 41 heavy (non-hydrogen) atoms. The van der Waals surface area contributed by atoms with Crippen molar-refractivity contribution in [2.75, 3.05) is 37.0 Å². The number of benzene rings is 2. The molecular formula is C29H28F4N4O3S. The van der Waals surface area contributed by atoms with Gasteiger partial charge < -0.3 is 14.5 Å². The van der Waals surface area contributed by atoms with E-state index in [9.17, 15) is 27.2 Å². The van der Waals surface area contributed by atoms with Crippen molar-refractivity contribution in [2.45, 2.75) is 43.5 Å². The molecule has 7 nitrogen and oxygen atoms in total. The van der Waals surface area contributed by atoms with Crippen LogP contribution in [0, 0.1) is 11.2 Å². The number of ether oxygens (including phenoxy) is 1. The number of amides is 1. The van der Waals surface area contributed by atoms with E-state index in [2.05, 4.69) is 11.6 Å². The first-order chi connectivity index (χ1) is 19.4. The highest BCUT2D eigenvalue weighted by atomic mass is 32.2. The summed E-state index contributed by atoms with van der Waals surface area (Å²) in [5.41, 5.74) is -1.35. The van der Waals surface area contributed by atoms with Gasteiger partial charge >= 0.3 is 11.9 Å². The standard InChI is InChI=1S/C29H28F4N4O3S/c1-4-22(38)35-10-17(3)36(11-16(35)2)26-20-9-21(29(31,32)33)23(18-5-7-19(30)8-6-18)25-24(20)37(27(39)34-26)12-28(15-41-25)13-40-14-28/h4-9,16-17H,1,10-15H2,2-3H3/t16-,17+/m1/s1. The molecule has 6 rings (SSSR count). The summed E-state index contributed by atoms with van der Waals surface area (Å²) < 4.78 is 65.2. The zero-order chi connectivity index (χ0) is 29.3. The largest absolute Gasteiger partial charge is 0.417 e. The zero-order valence-corrected chi connectivity index (χ0v) is 23.3. The fourth-order valence-electron chi connectivity index (χ4n) is 6.04. The highest BCUT2D eigenvalue weighted by Crippen LogP contribution is 2.51. The predicted octanol–water partition coefficient (Wildman–Crippen LogP) is 4.96. The van der Waals surface area contributed by atoms with Crippen LogP contribution in [0.3, 0.4) is 0 Å². The second-order valence-corrected chi connectivity index (χ2v) is 12.1. The van der Waals surface area contributed by atoms with Gasteiger partial charge in [-0.05, 0) is 43.7 Å². The maximum Gasteiger partial charge on any atom is 0.417 e. The van der Waals surface area contributed by atoms with Gasteiger partial charge in [-0.1, -0.05) is 18.7 Å². The Hall–Kier alpha value is -3.38. The maximum absolute atomic E-state index is 14.8. The van der Waals surface area contributed by atoms with Gasteiger partial charge in [0, 0.05) is 58.7 Å². The topological polar surface area (TPSA) is 67.7 Å². The number of anilines is 1. The number of hydrogen-bond donors (Lipinski definition) is 0. The van der Waals surface area contributed by atoms with Crippen LogP contribution < -0.4 is 10.6 Å². The molecule has 2 saturated heterocycles. The Morgan fingerprint density at radius 2 is 1.88 bits per heavy atom. The summed E-state index contributed by atoms with van der Waals surface area (Å²) in [5, 5.41) is 0.213. The molecule has 0 N–H and O–H groups in total. The zero-order valence-electron chi connectivity index (χ0n) is 22.5. The van der Waals surface area contributed by atoms with E-state index in [0.29, 0.717) is 35.9 Å². The van der Waals surface area contributed by atoms with Gasteiger partial charge in [-0.25, -0.2) is 9.18 Å². The molecule has 1 amide bonds. The number of rotatable bonds is 3. The van der Waals surface area contributed by atoms with Crippen LogP contribution in [-0.4, -0.2) is 64.5 Å². The Labute approximate surface area is 237 Å². The van der Waals surface area contributed by atoms with E-state index in [1.807, 2.05) is 18.7 Å². The minimum atomic E-state index is -4.75. The van der Waals surface area contributed by atoms with E-state index in [1.54, 1.807) is 4.90 Å². The van der Waals surface area contributed by atoms with E-state index in [4.69, 9.17) is 4.74 Å². The summed E-state index contributed by atoms with van der Waals surface area (Å²) in [6.07, 6.45) is -3.51. The van der Waals surface area contributed by atoms with E-state index >= 15 is 0 Å². The smallest absolute Gasteiger partial charge is 0.380 e. The van der Waals surface area contributed by atoms with Gasteiger partial charge in [0.25, 0.3) is 0 Å². The third kappa shape index (κ3) is 4.61. The first-order valence-electron chi connectivity index (χ1n) is 13.3. The van der Waals surface area contributed by atoms with Crippen LogP contribution in [0.1, 0.15) is 19.4 Å². The highest BCUT2D eigenvalue weighted by Gasteiger charge is 2.45. The van der Waals surface area contributed by atoms with E-state index in [-0.39, 0.29) is 53.4 Å². The summed E-state index contributed by atoms with van der Waals surface area (Å²) in [6.45, 7) is 8.84. The Morgan fingerprint density at radius 3 is 2.49 bits per heavy atom. The van der Waals surface area contributed by atoms with Crippen LogP contribution in [0.15, 0.2) is 52.7 Å². The number of carbonyl (C=O) groups excluding carboxylic acids is 1. The molecule has 3 aliphatic rings. The maximum atomic E-state index is 14.8. The minimum Gasteiger partial charge on any atom is -0.380 e. The lowest BCUT2D eigenvalue weighted by Gasteiger charge is -2.44. The third-order valence-electron chi connectivity index (χ3n) is 8.19. The average molecular weight is 589 g/mol. The van der Waals surface area contributed by atoms with Crippen LogP contribution in [0.5, 0.6) is 0 Å². The van der Waals surface area contributed by atoms with Crippen LogP contribution in [-0.2, 0) is 22.3 Å². The van der Waals surface area contributed by atoms with E-state index in [0.717, 1.165) is 18.2 Å². The normalized spacial score (nSPS) is 22.0. The molecule has 0 unspecified atom stereocenters. The molecule has 1 spiro atoms. The molecule has 1 aromatic heterocycles. The van der Waals surface area contributed by atoms with Gasteiger partial charge in [0.1, 0.15) is 11.6 Å². The van der Waals surface area contributed by atoms with E-state index in [1.165, 1.54) is 34.5 Å². The van der Waals surface area contributed by atoms with Gasteiger partial charge in [-0.3, -0.25) is 9.36 Å². The van der Waals surface area contributed by atoms with Crippen LogP contribution >= 0.6 is 11.8 Å². The molecule has 12 heteroatoms. The lowest BCUT2D eigenvalue weighted by molar-refractivity contribution is -0.137. The van der Waals surface area contributed by atoms with Crippen molar-refractivity contribution in [3.05, 3.63) is 64.9 Å². The van der Waals surface area contributed by atoms with Gasteiger partial charge in [0.2, 0.25) is 5.91 Å².